The Morgan fingerprint density at radius 3 is 2.34 bits per heavy atom. The van der Waals surface area contributed by atoms with Crippen LogP contribution >= 0.6 is 0 Å². The summed E-state index contributed by atoms with van der Waals surface area (Å²) >= 11 is 0. The highest BCUT2D eigenvalue weighted by Crippen LogP contribution is 2.43. The molecule has 0 bridgehead atoms. The summed E-state index contributed by atoms with van der Waals surface area (Å²) in [5.74, 6) is -0.905. The summed E-state index contributed by atoms with van der Waals surface area (Å²) in [7, 11) is 5.97. The summed E-state index contributed by atoms with van der Waals surface area (Å²) in [6.07, 6.45) is 6.32. The number of carbonyl (C=O) groups excluding carboxylic acids is 1. The molecule has 2 aliphatic rings. The number of methoxy groups -OCH3 is 1. The molecule has 35 heavy (non-hydrogen) atoms. The van der Waals surface area contributed by atoms with Crippen molar-refractivity contribution >= 4 is 5.91 Å². The molecule has 1 aliphatic carbocycles. The van der Waals surface area contributed by atoms with Gasteiger partial charge in [-0.3, -0.25) is 4.79 Å². The highest BCUT2D eigenvalue weighted by atomic mass is 19.1. The molecule has 1 atom stereocenters. The second-order valence-electron chi connectivity index (χ2n) is 10.9. The zero-order valence-electron chi connectivity index (χ0n) is 21.4. The molecular formula is C29H40FN2O3+. The first-order chi connectivity index (χ1) is 16.8. The molecule has 1 unspecified atom stereocenters. The number of rotatable bonds is 8. The molecule has 0 radical (unpaired) electrons. The van der Waals surface area contributed by atoms with Gasteiger partial charge in [0.1, 0.15) is 0 Å². The largest absolute Gasteiger partial charge is 0.494 e. The number of nitrogens with zero attached hydrogens (tertiary/aromatic N) is 2. The van der Waals surface area contributed by atoms with Crippen LogP contribution in [0.1, 0.15) is 49.7 Å². The van der Waals surface area contributed by atoms with E-state index in [1.54, 1.807) is 6.07 Å². The van der Waals surface area contributed by atoms with Crippen LogP contribution in [0.5, 0.6) is 5.75 Å². The highest BCUT2D eigenvalue weighted by Gasteiger charge is 2.49. The molecule has 2 aromatic carbocycles. The third-order valence-electron chi connectivity index (χ3n) is 8.42. The Labute approximate surface area is 209 Å². The minimum absolute atomic E-state index is 0.117. The molecule has 1 aliphatic heterocycles. The fraction of sp³-hybridized carbons (Fsp3) is 0.552. The highest BCUT2D eigenvalue weighted by molar-refractivity contribution is 5.87. The van der Waals surface area contributed by atoms with Gasteiger partial charge in [0, 0.05) is 38.3 Å². The summed E-state index contributed by atoms with van der Waals surface area (Å²) in [5.41, 5.74) is -0.0119. The third-order valence-corrected chi connectivity index (χ3v) is 8.42. The normalized spacial score (nSPS) is 19.5. The summed E-state index contributed by atoms with van der Waals surface area (Å²) in [6, 6.07) is 15.5. The van der Waals surface area contributed by atoms with Gasteiger partial charge in [-0.05, 0) is 36.1 Å². The van der Waals surface area contributed by atoms with E-state index in [1.165, 1.54) is 24.8 Å². The Balaban J connectivity index is 1.46. The number of ether oxygens (including phenoxy) is 1. The fourth-order valence-electron chi connectivity index (χ4n) is 6.03. The van der Waals surface area contributed by atoms with Gasteiger partial charge in [0.25, 0.3) is 5.91 Å². The molecule has 0 aromatic heterocycles. The molecule has 5 nitrogen and oxygen atoms in total. The minimum atomic E-state index is -1.70. The lowest BCUT2D eigenvalue weighted by Gasteiger charge is -2.45. The van der Waals surface area contributed by atoms with Crippen molar-refractivity contribution in [2.24, 2.45) is 5.92 Å². The second-order valence-corrected chi connectivity index (χ2v) is 10.9. The molecule has 1 heterocycles. The van der Waals surface area contributed by atoms with E-state index < -0.39 is 11.4 Å². The molecule has 1 saturated heterocycles. The first kappa shape index (κ1) is 25.6. The zero-order chi connectivity index (χ0) is 25.1. The SMILES string of the molecule is COc1ccc(C(O)(C(=O)N2CCC([N+](C)(C)CCc3ccccc3)CC2)C2CCCC2)cc1F. The molecule has 1 amide bonds. The third kappa shape index (κ3) is 5.39. The van der Waals surface area contributed by atoms with E-state index in [2.05, 4.69) is 38.4 Å². The molecule has 0 spiro atoms. The van der Waals surface area contributed by atoms with Crippen LogP contribution in [0.15, 0.2) is 48.5 Å². The quantitative estimate of drug-likeness (QED) is 0.562. The van der Waals surface area contributed by atoms with Crippen molar-refractivity contribution in [2.45, 2.75) is 56.6 Å². The summed E-state index contributed by atoms with van der Waals surface area (Å²) < 4.78 is 20.6. The van der Waals surface area contributed by atoms with Crippen LogP contribution in [0.2, 0.25) is 0 Å². The van der Waals surface area contributed by atoms with E-state index >= 15 is 0 Å². The maximum atomic E-state index is 14.6. The molecule has 6 heteroatoms. The maximum Gasteiger partial charge on any atom is 0.259 e. The second kappa shape index (κ2) is 10.7. The molecule has 1 saturated carbocycles. The fourth-order valence-corrected chi connectivity index (χ4v) is 6.03. The number of carbonyl (C=O) groups is 1. The Bertz CT molecular complexity index is 998. The smallest absolute Gasteiger partial charge is 0.259 e. The average molecular weight is 484 g/mol. The number of aliphatic hydroxyl groups is 1. The zero-order valence-corrected chi connectivity index (χ0v) is 21.4. The molecular weight excluding hydrogens is 443 g/mol. The lowest BCUT2D eigenvalue weighted by molar-refractivity contribution is -0.916. The summed E-state index contributed by atoms with van der Waals surface area (Å²) in [6.45, 7) is 2.27. The minimum Gasteiger partial charge on any atom is -0.494 e. The summed E-state index contributed by atoms with van der Waals surface area (Å²) in [4.78, 5) is 15.7. The standard InChI is InChI=1S/C29H40FN2O3/c1-32(2,20-17-22-9-5-4-6-10-22)25-15-18-31(19-16-25)28(33)29(34,23-11-7-8-12-23)24-13-14-27(35-3)26(30)21-24/h4-6,9-10,13-14,21,23,25,34H,7-8,11-12,15-20H2,1-3H3/q+1. The van der Waals surface area contributed by atoms with E-state index in [-0.39, 0.29) is 17.6 Å². The van der Waals surface area contributed by atoms with Crippen molar-refractivity contribution in [3.05, 3.63) is 65.5 Å². The molecule has 1 N–H and O–H groups in total. The van der Waals surface area contributed by atoms with Crippen LogP contribution in [-0.4, -0.2) is 67.3 Å². The van der Waals surface area contributed by atoms with E-state index in [9.17, 15) is 14.3 Å². The Morgan fingerprint density at radius 1 is 1.09 bits per heavy atom. The van der Waals surface area contributed by atoms with Gasteiger partial charge < -0.3 is 19.2 Å². The lowest BCUT2D eigenvalue weighted by atomic mass is 9.78. The van der Waals surface area contributed by atoms with Crippen LogP contribution in [0.3, 0.4) is 0 Å². The van der Waals surface area contributed by atoms with Crippen LogP contribution in [-0.2, 0) is 16.8 Å². The Morgan fingerprint density at radius 2 is 1.74 bits per heavy atom. The molecule has 2 fully saturated rings. The molecule has 190 valence electrons. The molecule has 4 rings (SSSR count). The van der Waals surface area contributed by atoms with Crippen LogP contribution in [0.4, 0.5) is 4.39 Å². The molecule has 2 aromatic rings. The number of likely N-dealkylation sites (tertiary alicyclic amines) is 1. The van der Waals surface area contributed by atoms with Gasteiger partial charge in [0.05, 0.1) is 33.8 Å². The lowest BCUT2D eigenvalue weighted by Crippen LogP contribution is -2.58. The van der Waals surface area contributed by atoms with Crippen molar-refractivity contribution in [3.63, 3.8) is 0 Å². The van der Waals surface area contributed by atoms with Crippen LogP contribution < -0.4 is 4.74 Å². The number of benzene rings is 2. The van der Waals surface area contributed by atoms with Crippen LogP contribution in [0.25, 0.3) is 0 Å². The van der Waals surface area contributed by atoms with Gasteiger partial charge in [-0.2, -0.15) is 0 Å². The number of piperidine rings is 1. The van der Waals surface area contributed by atoms with Gasteiger partial charge in [-0.25, -0.2) is 4.39 Å². The van der Waals surface area contributed by atoms with Crippen molar-refractivity contribution in [1.29, 1.82) is 0 Å². The predicted octanol–water partition coefficient (Wildman–Crippen LogP) is 4.52. The monoisotopic (exact) mass is 483 g/mol. The van der Waals surface area contributed by atoms with Gasteiger partial charge in [0.2, 0.25) is 0 Å². The van der Waals surface area contributed by atoms with Gasteiger partial charge in [-0.1, -0.05) is 49.2 Å². The van der Waals surface area contributed by atoms with E-state index in [4.69, 9.17) is 4.74 Å². The van der Waals surface area contributed by atoms with Crippen molar-refractivity contribution < 1.29 is 23.5 Å². The maximum absolute atomic E-state index is 14.6. The van der Waals surface area contributed by atoms with Gasteiger partial charge in [0.15, 0.2) is 17.2 Å². The predicted molar refractivity (Wildman–Crippen MR) is 136 cm³/mol. The average Bonchev–Trinajstić information content (AvgIpc) is 3.43. The van der Waals surface area contributed by atoms with Gasteiger partial charge >= 0.3 is 0 Å². The first-order valence-corrected chi connectivity index (χ1v) is 13.0. The Kier molecular flexibility index (Phi) is 7.82. The van der Waals surface area contributed by atoms with E-state index in [1.807, 2.05) is 11.0 Å². The number of quaternary nitrogens is 1. The summed E-state index contributed by atoms with van der Waals surface area (Å²) in [5, 5.41) is 11.9. The first-order valence-electron chi connectivity index (χ1n) is 13.0. The topological polar surface area (TPSA) is 49.8 Å². The van der Waals surface area contributed by atoms with E-state index in [0.29, 0.717) is 24.7 Å². The van der Waals surface area contributed by atoms with Crippen LogP contribution in [0, 0.1) is 11.7 Å². The van der Waals surface area contributed by atoms with Crippen molar-refractivity contribution in [3.8, 4) is 5.75 Å². The number of halogens is 1. The van der Waals surface area contributed by atoms with Gasteiger partial charge in [-0.15, -0.1) is 0 Å². The number of amides is 1. The number of hydrogen-bond donors (Lipinski definition) is 1. The van der Waals surface area contributed by atoms with Crippen molar-refractivity contribution in [1.82, 2.24) is 4.90 Å². The van der Waals surface area contributed by atoms with Crippen molar-refractivity contribution in [2.75, 3.05) is 40.8 Å². The Hall–Kier alpha value is -2.44. The number of likely N-dealkylation sites (N-methyl/N-ethyl adjacent to an activating group) is 1. The van der Waals surface area contributed by atoms with E-state index in [0.717, 1.165) is 56.0 Å². The number of hydrogen-bond acceptors (Lipinski definition) is 3.